The van der Waals surface area contributed by atoms with E-state index in [0.29, 0.717) is 11.3 Å². The molecule has 0 aliphatic carbocycles. The van der Waals surface area contributed by atoms with Gasteiger partial charge in [0.1, 0.15) is 5.75 Å². The van der Waals surface area contributed by atoms with Crippen molar-refractivity contribution in [2.24, 2.45) is 0 Å². The van der Waals surface area contributed by atoms with Crippen LogP contribution in [0.3, 0.4) is 0 Å². The molecule has 0 saturated heterocycles. The zero-order valence-corrected chi connectivity index (χ0v) is 9.84. The van der Waals surface area contributed by atoms with Crippen molar-refractivity contribution in [2.45, 2.75) is 12.2 Å². The van der Waals surface area contributed by atoms with Gasteiger partial charge in [-0.25, -0.2) is 0 Å². The summed E-state index contributed by atoms with van der Waals surface area (Å²) in [6.07, 6.45) is 1.53. The lowest BCUT2D eigenvalue weighted by Gasteiger charge is -2.07. The maximum absolute atomic E-state index is 11.8. The van der Waals surface area contributed by atoms with Gasteiger partial charge in [-0.05, 0) is 31.2 Å². The maximum Gasteiger partial charge on any atom is 0.178 e. The Labute approximate surface area is 91.9 Å². The lowest BCUT2D eigenvalue weighted by molar-refractivity contribution is 0.0993. The molecule has 0 bridgehead atoms. The summed E-state index contributed by atoms with van der Waals surface area (Å²) in [5, 5.41) is -0.460. The Kier molecular flexibility index (Phi) is 4.03. The number of ketones is 1. The van der Waals surface area contributed by atoms with E-state index in [9.17, 15) is 9.00 Å². The first kappa shape index (κ1) is 11.9. The van der Waals surface area contributed by atoms with E-state index in [-0.39, 0.29) is 5.78 Å². The highest BCUT2D eigenvalue weighted by Gasteiger charge is 2.18. The van der Waals surface area contributed by atoms with E-state index in [1.165, 1.54) is 6.26 Å². The van der Waals surface area contributed by atoms with E-state index in [0.717, 1.165) is 0 Å². The lowest BCUT2D eigenvalue weighted by atomic mass is 10.1. The summed E-state index contributed by atoms with van der Waals surface area (Å²) in [7, 11) is 0.441. The van der Waals surface area contributed by atoms with E-state index in [1.54, 1.807) is 38.3 Å². The first-order valence-electron chi connectivity index (χ1n) is 4.56. The number of carbonyl (C=O) groups is 1. The third kappa shape index (κ3) is 2.89. The number of rotatable bonds is 4. The summed E-state index contributed by atoms with van der Waals surface area (Å²) in [6, 6.07) is 6.81. The van der Waals surface area contributed by atoms with E-state index in [2.05, 4.69) is 0 Å². The molecule has 4 heteroatoms. The molecule has 3 nitrogen and oxygen atoms in total. The van der Waals surface area contributed by atoms with Crippen molar-refractivity contribution in [2.75, 3.05) is 13.4 Å². The molecule has 0 amide bonds. The molecule has 0 N–H and O–H groups in total. The van der Waals surface area contributed by atoms with Crippen molar-refractivity contribution in [1.29, 1.82) is 0 Å². The number of Topliss-reactive ketones (excluding diaryl/α,β-unsaturated/α-hetero) is 1. The summed E-state index contributed by atoms with van der Waals surface area (Å²) in [6.45, 7) is 1.67. The van der Waals surface area contributed by atoms with Gasteiger partial charge in [-0.15, -0.1) is 0 Å². The molecule has 0 aliphatic heterocycles. The topological polar surface area (TPSA) is 43.4 Å². The lowest BCUT2D eigenvalue weighted by Crippen LogP contribution is -2.21. The molecule has 0 fully saturated rings. The van der Waals surface area contributed by atoms with Gasteiger partial charge in [0.2, 0.25) is 0 Å². The average Bonchev–Trinajstić information content (AvgIpc) is 2.27. The molecule has 0 aromatic heterocycles. The summed E-state index contributed by atoms with van der Waals surface area (Å²) >= 11 is 0. The van der Waals surface area contributed by atoms with Crippen LogP contribution in [0.25, 0.3) is 0 Å². The molecule has 2 unspecified atom stereocenters. The minimum atomic E-state index is -1.13. The first-order chi connectivity index (χ1) is 7.06. The SMILES string of the molecule is COc1ccc(C(=O)C(C)S(C)=O)cc1. The van der Waals surface area contributed by atoms with Gasteiger partial charge in [0.15, 0.2) is 5.78 Å². The molecule has 1 aromatic rings. The van der Waals surface area contributed by atoms with E-state index in [1.807, 2.05) is 0 Å². The van der Waals surface area contributed by atoms with Crippen molar-refractivity contribution >= 4 is 16.6 Å². The third-order valence-corrected chi connectivity index (χ3v) is 3.45. The van der Waals surface area contributed by atoms with Crippen molar-refractivity contribution in [3.63, 3.8) is 0 Å². The zero-order chi connectivity index (χ0) is 11.4. The Bertz CT molecular complexity index is 370. The predicted octanol–water partition coefficient (Wildman–Crippen LogP) is 1.64. The van der Waals surface area contributed by atoms with Crippen molar-refractivity contribution < 1.29 is 13.7 Å². The van der Waals surface area contributed by atoms with Crippen molar-refractivity contribution in [1.82, 2.24) is 0 Å². The van der Waals surface area contributed by atoms with Crippen LogP contribution in [0.5, 0.6) is 5.75 Å². The van der Waals surface area contributed by atoms with Crippen LogP contribution in [0.4, 0.5) is 0 Å². The molecule has 15 heavy (non-hydrogen) atoms. The van der Waals surface area contributed by atoms with Gasteiger partial charge in [-0.1, -0.05) is 0 Å². The molecule has 0 heterocycles. The Morgan fingerprint density at radius 1 is 1.33 bits per heavy atom. The van der Waals surface area contributed by atoms with E-state index >= 15 is 0 Å². The van der Waals surface area contributed by atoms with Gasteiger partial charge in [0, 0.05) is 22.6 Å². The number of hydrogen-bond acceptors (Lipinski definition) is 3. The Morgan fingerprint density at radius 3 is 2.27 bits per heavy atom. The number of methoxy groups -OCH3 is 1. The van der Waals surface area contributed by atoms with Crippen LogP contribution in [-0.2, 0) is 10.8 Å². The molecule has 2 atom stereocenters. The second-order valence-electron chi connectivity index (χ2n) is 3.23. The fourth-order valence-corrected chi connectivity index (χ4v) is 1.58. The van der Waals surface area contributed by atoms with Crippen LogP contribution in [0.1, 0.15) is 17.3 Å². The minimum Gasteiger partial charge on any atom is -0.497 e. The van der Waals surface area contributed by atoms with Gasteiger partial charge >= 0.3 is 0 Å². The fraction of sp³-hybridized carbons (Fsp3) is 0.364. The molecule has 0 radical (unpaired) electrons. The molecule has 1 aromatic carbocycles. The summed E-state index contributed by atoms with van der Waals surface area (Å²) in [4.78, 5) is 11.8. The quantitative estimate of drug-likeness (QED) is 0.733. The van der Waals surface area contributed by atoms with Gasteiger partial charge in [0.05, 0.1) is 12.4 Å². The van der Waals surface area contributed by atoms with Crippen LogP contribution in [0.15, 0.2) is 24.3 Å². The molecule has 82 valence electrons. The molecular formula is C11H14O3S. The molecule has 0 aliphatic rings. The third-order valence-electron chi connectivity index (χ3n) is 2.24. The summed E-state index contributed by atoms with van der Waals surface area (Å²) in [5.74, 6) is 0.607. The van der Waals surface area contributed by atoms with Gasteiger partial charge < -0.3 is 4.74 Å². The Morgan fingerprint density at radius 2 is 1.87 bits per heavy atom. The second kappa shape index (κ2) is 5.07. The molecular weight excluding hydrogens is 212 g/mol. The largest absolute Gasteiger partial charge is 0.497 e. The Balaban J connectivity index is 2.87. The van der Waals surface area contributed by atoms with E-state index in [4.69, 9.17) is 4.74 Å². The second-order valence-corrected chi connectivity index (χ2v) is 4.94. The van der Waals surface area contributed by atoms with E-state index < -0.39 is 16.0 Å². The van der Waals surface area contributed by atoms with Crippen LogP contribution >= 0.6 is 0 Å². The summed E-state index contributed by atoms with van der Waals surface area (Å²) in [5.41, 5.74) is 0.568. The highest BCUT2D eigenvalue weighted by atomic mass is 32.2. The van der Waals surface area contributed by atoms with Gasteiger partial charge in [-0.2, -0.15) is 0 Å². The van der Waals surface area contributed by atoms with Crippen LogP contribution in [0.2, 0.25) is 0 Å². The van der Waals surface area contributed by atoms with Crippen LogP contribution in [0, 0.1) is 0 Å². The predicted molar refractivity (Wildman–Crippen MR) is 60.9 cm³/mol. The van der Waals surface area contributed by atoms with Crippen LogP contribution < -0.4 is 4.74 Å². The highest BCUT2D eigenvalue weighted by molar-refractivity contribution is 7.85. The number of carbonyl (C=O) groups excluding carboxylic acids is 1. The summed E-state index contributed by atoms with van der Waals surface area (Å²) < 4.78 is 16.1. The average molecular weight is 226 g/mol. The van der Waals surface area contributed by atoms with Gasteiger partial charge in [-0.3, -0.25) is 9.00 Å². The fourth-order valence-electron chi connectivity index (χ4n) is 1.14. The maximum atomic E-state index is 11.8. The molecule has 0 saturated carbocycles. The first-order valence-corrected chi connectivity index (χ1v) is 6.19. The minimum absolute atomic E-state index is 0.0986. The number of ether oxygens (including phenoxy) is 1. The zero-order valence-electron chi connectivity index (χ0n) is 9.02. The standard InChI is InChI=1S/C11H14O3S/c1-8(15(3)13)11(12)9-4-6-10(14-2)7-5-9/h4-8H,1-3H3. The van der Waals surface area contributed by atoms with Crippen LogP contribution in [-0.4, -0.2) is 28.6 Å². The van der Waals surface area contributed by atoms with Crippen molar-refractivity contribution in [3.05, 3.63) is 29.8 Å². The van der Waals surface area contributed by atoms with Crippen molar-refractivity contribution in [3.8, 4) is 5.75 Å². The smallest absolute Gasteiger partial charge is 0.178 e. The normalized spacial score (nSPS) is 14.3. The number of hydrogen-bond donors (Lipinski definition) is 0. The number of benzene rings is 1. The Hall–Kier alpha value is -1.16. The van der Waals surface area contributed by atoms with Gasteiger partial charge in [0.25, 0.3) is 0 Å². The monoisotopic (exact) mass is 226 g/mol. The molecule has 0 spiro atoms. The molecule has 1 rings (SSSR count). The highest BCUT2D eigenvalue weighted by Crippen LogP contribution is 2.13.